The lowest BCUT2D eigenvalue weighted by Gasteiger charge is -2.36. The molecule has 0 aromatic carbocycles. The summed E-state index contributed by atoms with van der Waals surface area (Å²) in [6.45, 7) is 8.47. The summed E-state index contributed by atoms with van der Waals surface area (Å²) in [7, 11) is 2.29. The fourth-order valence-corrected chi connectivity index (χ4v) is 3.17. The maximum atomic E-state index is 2.58. The van der Waals surface area contributed by atoms with E-state index in [1.165, 1.54) is 19.4 Å². The molecule has 0 aromatic heterocycles. The molecule has 2 rings (SSSR count). The monoisotopic (exact) mass is 153 g/mol. The van der Waals surface area contributed by atoms with Gasteiger partial charge in [-0.1, -0.05) is 20.8 Å². The van der Waals surface area contributed by atoms with Crippen molar-refractivity contribution in [2.75, 3.05) is 13.6 Å². The predicted octanol–water partition coefficient (Wildman–Crippen LogP) is 2.13. The molecule has 0 radical (unpaired) electrons. The van der Waals surface area contributed by atoms with Crippen LogP contribution in [0.2, 0.25) is 0 Å². The molecule has 2 fully saturated rings. The van der Waals surface area contributed by atoms with E-state index < -0.39 is 0 Å². The van der Waals surface area contributed by atoms with Crippen LogP contribution in [0.1, 0.15) is 33.6 Å². The first kappa shape index (κ1) is 7.60. The molecule has 1 heteroatoms. The second-order valence-corrected chi connectivity index (χ2v) is 5.29. The molecular weight excluding hydrogens is 134 g/mol. The Morgan fingerprint density at radius 2 is 2.00 bits per heavy atom. The number of likely N-dealkylation sites (tertiary alicyclic amines) is 1. The topological polar surface area (TPSA) is 3.24 Å². The molecule has 0 amide bonds. The number of hydrogen-bond acceptors (Lipinski definition) is 1. The van der Waals surface area contributed by atoms with Crippen LogP contribution in [0.3, 0.4) is 0 Å². The van der Waals surface area contributed by atoms with E-state index in [-0.39, 0.29) is 0 Å². The average molecular weight is 153 g/mol. The number of fused-ring (bicyclic) bond motifs is 1. The van der Waals surface area contributed by atoms with Crippen molar-refractivity contribution in [3.63, 3.8) is 0 Å². The third-order valence-corrected chi connectivity index (χ3v) is 3.87. The quantitative estimate of drug-likeness (QED) is 0.515. The van der Waals surface area contributed by atoms with Crippen LogP contribution in [0.15, 0.2) is 0 Å². The summed E-state index contributed by atoms with van der Waals surface area (Å²) in [6.07, 6.45) is 2.89. The Labute approximate surface area is 69.8 Å². The van der Waals surface area contributed by atoms with Crippen molar-refractivity contribution in [3.05, 3.63) is 0 Å². The third-order valence-electron chi connectivity index (χ3n) is 3.87. The van der Waals surface area contributed by atoms with Crippen LogP contribution in [0.5, 0.6) is 0 Å². The van der Waals surface area contributed by atoms with Gasteiger partial charge in [0, 0.05) is 5.54 Å². The summed E-state index contributed by atoms with van der Waals surface area (Å²) < 4.78 is 0. The molecule has 1 aliphatic heterocycles. The van der Waals surface area contributed by atoms with Crippen molar-refractivity contribution in [2.24, 2.45) is 11.3 Å². The molecule has 0 spiro atoms. The Kier molecular flexibility index (Phi) is 1.26. The van der Waals surface area contributed by atoms with Gasteiger partial charge in [0.05, 0.1) is 0 Å². The van der Waals surface area contributed by atoms with Crippen molar-refractivity contribution < 1.29 is 0 Å². The lowest BCUT2D eigenvalue weighted by atomic mass is 9.83. The van der Waals surface area contributed by atoms with Crippen LogP contribution < -0.4 is 0 Å². The molecule has 2 atom stereocenters. The summed E-state index contributed by atoms with van der Waals surface area (Å²) >= 11 is 0. The van der Waals surface area contributed by atoms with Crippen LogP contribution in [0, 0.1) is 11.3 Å². The van der Waals surface area contributed by atoms with Gasteiger partial charge in [0.1, 0.15) is 0 Å². The number of piperidine rings is 1. The Hall–Kier alpha value is -0.0400. The molecular formula is C10H19N. The molecule has 0 aromatic rings. The van der Waals surface area contributed by atoms with Crippen LogP contribution >= 0.6 is 0 Å². The van der Waals surface area contributed by atoms with Gasteiger partial charge in [-0.2, -0.15) is 0 Å². The van der Waals surface area contributed by atoms with Gasteiger partial charge in [0.2, 0.25) is 0 Å². The van der Waals surface area contributed by atoms with Gasteiger partial charge < -0.3 is 0 Å². The van der Waals surface area contributed by atoms with Gasteiger partial charge in [-0.3, -0.25) is 4.90 Å². The van der Waals surface area contributed by atoms with Crippen LogP contribution in [0.25, 0.3) is 0 Å². The summed E-state index contributed by atoms with van der Waals surface area (Å²) in [5.41, 5.74) is 1.08. The van der Waals surface area contributed by atoms with Crippen molar-refractivity contribution in [1.29, 1.82) is 0 Å². The van der Waals surface area contributed by atoms with Crippen LogP contribution in [-0.4, -0.2) is 24.0 Å². The smallest absolute Gasteiger partial charge is 0.0287 e. The van der Waals surface area contributed by atoms with Crippen molar-refractivity contribution in [3.8, 4) is 0 Å². The van der Waals surface area contributed by atoms with Crippen molar-refractivity contribution >= 4 is 0 Å². The third kappa shape index (κ3) is 0.752. The number of nitrogens with zero attached hydrogens (tertiary/aromatic N) is 1. The summed E-state index contributed by atoms with van der Waals surface area (Å²) in [4.78, 5) is 2.58. The van der Waals surface area contributed by atoms with Gasteiger partial charge in [-0.25, -0.2) is 0 Å². The minimum Gasteiger partial charge on any atom is -0.300 e. The lowest BCUT2D eigenvalue weighted by molar-refractivity contribution is 0.125. The second-order valence-electron chi connectivity index (χ2n) is 5.29. The Morgan fingerprint density at radius 1 is 1.36 bits per heavy atom. The molecule has 64 valence electrons. The minimum absolute atomic E-state index is 0.489. The summed E-state index contributed by atoms with van der Waals surface area (Å²) in [5.74, 6) is 1.02. The number of rotatable bonds is 0. The second kappa shape index (κ2) is 1.82. The molecule has 1 saturated heterocycles. The van der Waals surface area contributed by atoms with Gasteiger partial charge in [0.25, 0.3) is 0 Å². The first-order valence-corrected chi connectivity index (χ1v) is 4.70. The summed E-state index contributed by atoms with van der Waals surface area (Å²) in [5, 5.41) is 0. The highest BCUT2D eigenvalue weighted by molar-refractivity contribution is 5.20. The van der Waals surface area contributed by atoms with Gasteiger partial charge >= 0.3 is 0 Å². The molecule has 0 bridgehead atoms. The molecule has 2 aliphatic rings. The number of hydrogen-bond donors (Lipinski definition) is 0. The molecule has 1 heterocycles. The zero-order chi connectivity index (χ0) is 8.28. The van der Waals surface area contributed by atoms with E-state index in [1.54, 1.807) is 0 Å². The fourth-order valence-electron chi connectivity index (χ4n) is 3.17. The Balaban J connectivity index is 2.25. The minimum atomic E-state index is 0.489. The Morgan fingerprint density at radius 3 is 2.18 bits per heavy atom. The van der Waals surface area contributed by atoms with Crippen molar-refractivity contribution in [1.82, 2.24) is 4.90 Å². The van der Waals surface area contributed by atoms with E-state index in [0.717, 1.165) is 5.92 Å². The van der Waals surface area contributed by atoms with E-state index in [4.69, 9.17) is 0 Å². The molecule has 0 N–H and O–H groups in total. The fraction of sp³-hybridized carbons (Fsp3) is 1.00. The average Bonchev–Trinajstić information content (AvgIpc) is 2.50. The van der Waals surface area contributed by atoms with E-state index in [2.05, 4.69) is 32.7 Å². The van der Waals surface area contributed by atoms with E-state index in [1.807, 2.05) is 0 Å². The van der Waals surface area contributed by atoms with Gasteiger partial charge in [-0.15, -0.1) is 0 Å². The van der Waals surface area contributed by atoms with Crippen LogP contribution in [0.4, 0.5) is 0 Å². The standard InChI is InChI=1S/C10H19N/c1-9(2,3)10-7-8(10)5-6-11(10)4/h8H,5-7H2,1-4H3. The van der Waals surface area contributed by atoms with Crippen molar-refractivity contribution in [2.45, 2.75) is 39.2 Å². The van der Waals surface area contributed by atoms with E-state index in [9.17, 15) is 0 Å². The maximum absolute atomic E-state index is 2.58. The molecule has 1 saturated carbocycles. The van der Waals surface area contributed by atoms with Gasteiger partial charge in [-0.05, 0) is 37.8 Å². The zero-order valence-corrected chi connectivity index (χ0v) is 8.15. The first-order chi connectivity index (χ1) is 4.98. The van der Waals surface area contributed by atoms with E-state index >= 15 is 0 Å². The molecule has 1 aliphatic carbocycles. The first-order valence-electron chi connectivity index (χ1n) is 4.70. The molecule has 1 nitrogen and oxygen atoms in total. The zero-order valence-electron chi connectivity index (χ0n) is 8.15. The van der Waals surface area contributed by atoms with Crippen LogP contribution in [-0.2, 0) is 0 Å². The highest BCUT2D eigenvalue weighted by Crippen LogP contribution is 2.63. The van der Waals surface area contributed by atoms with Gasteiger partial charge in [0.15, 0.2) is 0 Å². The molecule has 2 unspecified atom stereocenters. The highest BCUT2D eigenvalue weighted by Gasteiger charge is 2.65. The normalized spacial score (nSPS) is 44.2. The SMILES string of the molecule is CN1CCC2CC21C(C)(C)C. The summed E-state index contributed by atoms with van der Waals surface area (Å²) in [6, 6.07) is 0. The largest absolute Gasteiger partial charge is 0.300 e. The molecule has 11 heavy (non-hydrogen) atoms. The maximum Gasteiger partial charge on any atom is 0.0287 e. The van der Waals surface area contributed by atoms with E-state index in [0.29, 0.717) is 11.0 Å². The predicted molar refractivity (Wildman–Crippen MR) is 47.5 cm³/mol. The lowest BCUT2D eigenvalue weighted by Crippen LogP contribution is -2.42. The highest BCUT2D eigenvalue weighted by atomic mass is 15.3. The Bertz CT molecular complexity index is 180.